The van der Waals surface area contributed by atoms with E-state index >= 15 is 0 Å². The molecule has 7 heteroatoms. The van der Waals surface area contributed by atoms with Gasteiger partial charge in [-0.2, -0.15) is 0 Å². The summed E-state index contributed by atoms with van der Waals surface area (Å²) in [5.74, 6) is -0.991. The number of carbonyl (C=O) groups is 3. The van der Waals surface area contributed by atoms with Gasteiger partial charge in [-0.3, -0.25) is 4.79 Å². The van der Waals surface area contributed by atoms with Gasteiger partial charge in [-0.1, -0.05) is 25.7 Å². The Bertz CT molecular complexity index is 366. The van der Waals surface area contributed by atoms with E-state index < -0.39 is 24.0 Å². The summed E-state index contributed by atoms with van der Waals surface area (Å²) in [7, 11) is 1.24. The van der Waals surface area contributed by atoms with Gasteiger partial charge in [0.05, 0.1) is 7.11 Å². The minimum Gasteiger partial charge on any atom is -0.480 e. The third-order valence-corrected chi connectivity index (χ3v) is 3.78. The Kier molecular flexibility index (Phi) is 7.56. The van der Waals surface area contributed by atoms with Gasteiger partial charge < -0.3 is 20.5 Å². The highest BCUT2D eigenvalue weighted by Gasteiger charge is 2.21. The van der Waals surface area contributed by atoms with Gasteiger partial charge in [0.25, 0.3) is 0 Å². The second kappa shape index (κ2) is 9.20. The van der Waals surface area contributed by atoms with Crippen molar-refractivity contribution < 1.29 is 24.2 Å². The number of hydrogen-bond acceptors (Lipinski definition) is 4. The van der Waals surface area contributed by atoms with Crippen LogP contribution in [0.4, 0.5) is 4.79 Å². The SMILES string of the molecule is COC(=O)CC[C@@H](NC(=O)NCCC1CCCC1)C(=O)O. The highest BCUT2D eigenvalue weighted by atomic mass is 16.5. The number of carboxylic acid groups (broad SMARTS) is 1. The van der Waals surface area contributed by atoms with Crippen LogP contribution in [0.1, 0.15) is 44.9 Å². The summed E-state index contributed by atoms with van der Waals surface area (Å²) in [6.07, 6.45) is 5.82. The molecule has 1 atom stereocenters. The Balaban J connectivity index is 2.24. The molecular formula is C14H24N2O5. The lowest BCUT2D eigenvalue weighted by molar-refractivity contribution is -0.142. The van der Waals surface area contributed by atoms with Crippen LogP contribution in [0.25, 0.3) is 0 Å². The second-order valence-electron chi connectivity index (χ2n) is 5.35. The molecule has 1 fully saturated rings. The first-order valence-corrected chi connectivity index (χ1v) is 7.37. The van der Waals surface area contributed by atoms with Crippen LogP contribution in [-0.4, -0.2) is 42.8 Å². The number of nitrogens with one attached hydrogen (secondary N) is 2. The molecular weight excluding hydrogens is 276 g/mol. The standard InChI is InChI=1S/C14H24N2O5/c1-21-12(17)7-6-11(13(18)19)16-14(20)15-9-8-10-4-2-3-5-10/h10-11H,2-9H2,1H3,(H,18,19)(H2,15,16,20)/t11-/m1/s1. The average Bonchev–Trinajstić information content (AvgIpc) is 2.95. The van der Waals surface area contributed by atoms with Gasteiger partial charge in [0.1, 0.15) is 6.04 Å². The molecule has 0 aromatic carbocycles. The molecule has 3 N–H and O–H groups in total. The van der Waals surface area contributed by atoms with Crippen LogP contribution in [0, 0.1) is 5.92 Å². The third kappa shape index (κ3) is 6.97. The minimum absolute atomic E-state index is 0.0120. The van der Waals surface area contributed by atoms with E-state index in [1.54, 1.807) is 0 Å². The Morgan fingerprint density at radius 3 is 2.52 bits per heavy atom. The number of urea groups is 1. The van der Waals surface area contributed by atoms with E-state index in [9.17, 15) is 14.4 Å². The fourth-order valence-electron chi connectivity index (χ4n) is 2.52. The maximum Gasteiger partial charge on any atom is 0.326 e. The molecule has 0 spiro atoms. The molecule has 0 aromatic heterocycles. The molecule has 120 valence electrons. The zero-order valence-corrected chi connectivity index (χ0v) is 12.4. The maximum atomic E-state index is 11.6. The maximum absolute atomic E-state index is 11.6. The molecule has 21 heavy (non-hydrogen) atoms. The number of aliphatic carboxylic acids is 1. The Morgan fingerprint density at radius 1 is 1.29 bits per heavy atom. The van der Waals surface area contributed by atoms with Crippen molar-refractivity contribution in [1.82, 2.24) is 10.6 Å². The Labute approximate surface area is 124 Å². The van der Waals surface area contributed by atoms with E-state index in [-0.39, 0.29) is 12.8 Å². The predicted molar refractivity (Wildman–Crippen MR) is 75.8 cm³/mol. The van der Waals surface area contributed by atoms with Crippen molar-refractivity contribution in [3.8, 4) is 0 Å². The van der Waals surface area contributed by atoms with Crippen LogP contribution in [0.2, 0.25) is 0 Å². The van der Waals surface area contributed by atoms with Gasteiger partial charge in [-0.25, -0.2) is 9.59 Å². The van der Waals surface area contributed by atoms with Gasteiger partial charge in [0, 0.05) is 13.0 Å². The van der Waals surface area contributed by atoms with E-state index in [4.69, 9.17) is 5.11 Å². The lowest BCUT2D eigenvalue weighted by Gasteiger charge is -2.15. The molecule has 1 aliphatic rings. The van der Waals surface area contributed by atoms with E-state index in [1.165, 1.54) is 32.8 Å². The quantitative estimate of drug-likeness (QED) is 0.586. The second-order valence-corrected chi connectivity index (χ2v) is 5.35. The number of esters is 1. The predicted octanol–water partition coefficient (Wildman–Crippen LogP) is 1.27. The highest BCUT2D eigenvalue weighted by molar-refractivity contribution is 5.83. The summed E-state index contributed by atoms with van der Waals surface area (Å²) in [5, 5.41) is 14.0. The molecule has 0 unspecified atom stereocenters. The zero-order valence-electron chi connectivity index (χ0n) is 12.4. The summed E-state index contributed by atoms with van der Waals surface area (Å²) in [5.41, 5.74) is 0. The first kappa shape index (κ1) is 17.3. The highest BCUT2D eigenvalue weighted by Crippen LogP contribution is 2.26. The van der Waals surface area contributed by atoms with Crippen LogP contribution < -0.4 is 10.6 Å². The summed E-state index contributed by atoms with van der Waals surface area (Å²) in [4.78, 5) is 33.7. The first-order chi connectivity index (χ1) is 10.0. The number of carbonyl (C=O) groups excluding carboxylic acids is 2. The molecule has 0 aliphatic heterocycles. The lowest BCUT2D eigenvalue weighted by atomic mass is 10.0. The minimum atomic E-state index is -1.16. The summed E-state index contributed by atoms with van der Waals surface area (Å²) in [6, 6.07) is -1.60. The smallest absolute Gasteiger partial charge is 0.326 e. The van der Waals surface area contributed by atoms with E-state index in [0.717, 1.165) is 6.42 Å². The van der Waals surface area contributed by atoms with Gasteiger partial charge in [0.15, 0.2) is 0 Å². The number of carboxylic acids is 1. The lowest BCUT2D eigenvalue weighted by Crippen LogP contribution is -2.46. The zero-order chi connectivity index (χ0) is 15.7. The largest absolute Gasteiger partial charge is 0.480 e. The van der Waals surface area contributed by atoms with E-state index in [1.807, 2.05) is 0 Å². The Morgan fingerprint density at radius 2 is 1.95 bits per heavy atom. The average molecular weight is 300 g/mol. The van der Waals surface area contributed by atoms with Crippen molar-refractivity contribution in [2.45, 2.75) is 51.0 Å². The fourth-order valence-corrected chi connectivity index (χ4v) is 2.52. The molecule has 0 bridgehead atoms. The summed E-state index contributed by atoms with van der Waals surface area (Å²) in [6.45, 7) is 0.542. The number of ether oxygens (including phenoxy) is 1. The first-order valence-electron chi connectivity index (χ1n) is 7.37. The van der Waals surface area contributed by atoms with Crippen molar-refractivity contribution in [2.75, 3.05) is 13.7 Å². The summed E-state index contributed by atoms with van der Waals surface area (Å²) < 4.78 is 4.45. The number of methoxy groups -OCH3 is 1. The number of amides is 2. The molecule has 0 heterocycles. The van der Waals surface area contributed by atoms with Crippen molar-refractivity contribution in [1.29, 1.82) is 0 Å². The molecule has 7 nitrogen and oxygen atoms in total. The monoisotopic (exact) mass is 300 g/mol. The van der Waals surface area contributed by atoms with Crippen molar-refractivity contribution in [3.05, 3.63) is 0 Å². The third-order valence-electron chi connectivity index (χ3n) is 3.78. The van der Waals surface area contributed by atoms with Gasteiger partial charge >= 0.3 is 18.0 Å². The van der Waals surface area contributed by atoms with Gasteiger partial charge in [-0.05, 0) is 18.8 Å². The van der Waals surface area contributed by atoms with Crippen molar-refractivity contribution in [3.63, 3.8) is 0 Å². The molecule has 0 radical (unpaired) electrons. The fraction of sp³-hybridized carbons (Fsp3) is 0.786. The molecule has 0 saturated heterocycles. The number of rotatable bonds is 8. The van der Waals surface area contributed by atoms with Crippen LogP contribution in [-0.2, 0) is 14.3 Å². The molecule has 1 saturated carbocycles. The topological polar surface area (TPSA) is 105 Å². The molecule has 2 amide bonds. The molecule has 0 aromatic rings. The van der Waals surface area contributed by atoms with Gasteiger partial charge in [0.2, 0.25) is 0 Å². The van der Waals surface area contributed by atoms with Crippen molar-refractivity contribution in [2.24, 2.45) is 5.92 Å². The summed E-state index contributed by atoms with van der Waals surface area (Å²) >= 11 is 0. The van der Waals surface area contributed by atoms with Crippen LogP contribution in [0.15, 0.2) is 0 Å². The van der Waals surface area contributed by atoms with Crippen LogP contribution in [0.3, 0.4) is 0 Å². The molecule has 1 rings (SSSR count). The van der Waals surface area contributed by atoms with Crippen molar-refractivity contribution >= 4 is 18.0 Å². The van der Waals surface area contributed by atoms with Crippen LogP contribution >= 0.6 is 0 Å². The Hall–Kier alpha value is -1.79. The normalized spacial score (nSPS) is 16.2. The van der Waals surface area contributed by atoms with E-state index in [2.05, 4.69) is 15.4 Å². The molecule has 1 aliphatic carbocycles. The number of hydrogen-bond donors (Lipinski definition) is 3. The van der Waals surface area contributed by atoms with Gasteiger partial charge in [-0.15, -0.1) is 0 Å². The van der Waals surface area contributed by atoms with Crippen LogP contribution in [0.5, 0.6) is 0 Å². The van der Waals surface area contributed by atoms with E-state index in [0.29, 0.717) is 12.5 Å².